The van der Waals surface area contributed by atoms with E-state index in [1.807, 2.05) is 49.4 Å². The SMILES string of the molecule is CC(C)[Si](OC1CCC(/C=C/c2ccc3ccc([C@@H](C)NC(=O)[C@@H]4CCCN(C(=O)[C@H](C)NC(=O)[C@@H](O)C5CC5)N4)nc3c2)(C(=O)O)C1)(C(C)C)C(C)C. The number of rotatable bonds is 15. The van der Waals surface area contributed by atoms with Gasteiger partial charge >= 0.3 is 5.97 Å². The summed E-state index contributed by atoms with van der Waals surface area (Å²) in [6.07, 6.45) is 6.97. The van der Waals surface area contributed by atoms with Crippen molar-refractivity contribution in [1.82, 2.24) is 26.1 Å². The molecule has 1 aromatic heterocycles. The second-order valence-corrected chi connectivity index (χ2v) is 22.2. The Morgan fingerprint density at radius 2 is 1.63 bits per heavy atom. The maximum Gasteiger partial charge on any atom is 0.313 e. The van der Waals surface area contributed by atoms with E-state index in [0.717, 1.165) is 35.7 Å². The average Bonchev–Trinajstić information content (AvgIpc) is 3.90. The molecule has 1 saturated heterocycles. The molecule has 0 radical (unpaired) electrons. The number of carbonyl (C=O) groups excluding carboxylic acids is 3. The Hall–Kier alpha value is -3.65. The van der Waals surface area contributed by atoms with Crippen LogP contribution in [0, 0.1) is 11.3 Å². The monoisotopic (exact) mass is 763 g/mol. The molecule has 0 spiro atoms. The van der Waals surface area contributed by atoms with E-state index >= 15 is 0 Å². The molecule has 0 bridgehead atoms. The standard InChI is InChI=1S/C41H61N5O7Si/c1-24(2)54(25(3)4,26(5)6)53-32-18-20-41(23-32,40(51)52)19-17-29-11-12-30-15-16-33(44-35(30)22-29)27(7)42-37(48)34-10-9-21-46(45-34)39(50)28(8)43-38(49)36(47)31-13-14-31/h11-12,15-17,19,22,24-28,31-32,34,36,45,47H,9-10,13-14,18,20-21,23H2,1-8H3,(H,42,48)(H,43,49)(H,51,52)/b19-17+/t27-,28+,32?,34+,36+,41?/m1/s1. The first-order valence-electron chi connectivity index (χ1n) is 19.8. The maximum absolute atomic E-state index is 13.4. The van der Waals surface area contributed by atoms with E-state index in [0.29, 0.717) is 54.5 Å². The summed E-state index contributed by atoms with van der Waals surface area (Å²) in [6.45, 7) is 17.3. The molecule has 3 fully saturated rings. The summed E-state index contributed by atoms with van der Waals surface area (Å²) in [7, 11) is -2.15. The third kappa shape index (κ3) is 9.06. The van der Waals surface area contributed by atoms with E-state index in [1.54, 1.807) is 6.92 Å². The summed E-state index contributed by atoms with van der Waals surface area (Å²) in [5.74, 6) is -2.07. The van der Waals surface area contributed by atoms with Crippen LogP contribution in [0.15, 0.2) is 36.4 Å². The van der Waals surface area contributed by atoms with Gasteiger partial charge in [-0.25, -0.2) is 5.43 Å². The number of hydrogen-bond acceptors (Lipinski definition) is 8. The van der Waals surface area contributed by atoms with Crippen molar-refractivity contribution in [3.63, 3.8) is 0 Å². The number of carboxylic acids is 1. The topological polar surface area (TPSA) is 170 Å². The van der Waals surface area contributed by atoms with Crippen molar-refractivity contribution in [2.75, 3.05) is 6.54 Å². The van der Waals surface area contributed by atoms with E-state index in [-0.39, 0.29) is 23.8 Å². The molecule has 5 N–H and O–H groups in total. The van der Waals surface area contributed by atoms with Crippen LogP contribution in [0.3, 0.4) is 0 Å². The number of aromatic nitrogens is 1. The Labute approximate surface area is 321 Å². The van der Waals surface area contributed by atoms with Crippen LogP contribution in [0.5, 0.6) is 0 Å². The average molecular weight is 764 g/mol. The first-order chi connectivity index (χ1) is 25.5. The van der Waals surface area contributed by atoms with Crippen molar-refractivity contribution in [2.24, 2.45) is 11.3 Å². The molecule has 2 aromatic rings. The zero-order valence-corrected chi connectivity index (χ0v) is 34.2. The van der Waals surface area contributed by atoms with Gasteiger partial charge in [0.05, 0.1) is 22.7 Å². The van der Waals surface area contributed by atoms with Gasteiger partial charge in [0, 0.05) is 18.0 Å². The lowest BCUT2D eigenvalue weighted by Crippen LogP contribution is -2.61. The van der Waals surface area contributed by atoms with Gasteiger partial charge in [-0.15, -0.1) is 0 Å². The van der Waals surface area contributed by atoms with Crippen LogP contribution in [0.1, 0.15) is 118 Å². The van der Waals surface area contributed by atoms with Gasteiger partial charge in [0.1, 0.15) is 18.2 Å². The van der Waals surface area contributed by atoms with E-state index < -0.39 is 49.8 Å². The van der Waals surface area contributed by atoms with Gasteiger partial charge in [0.25, 0.3) is 5.91 Å². The fourth-order valence-electron chi connectivity index (χ4n) is 8.74. The molecule has 54 heavy (non-hydrogen) atoms. The molecule has 6 atom stereocenters. The van der Waals surface area contributed by atoms with Gasteiger partial charge in [-0.05, 0) is 99.0 Å². The lowest BCUT2D eigenvalue weighted by Gasteiger charge is -2.44. The molecular formula is C41H61N5O7Si. The van der Waals surface area contributed by atoms with Crippen molar-refractivity contribution in [3.8, 4) is 0 Å². The fourth-order valence-corrected chi connectivity index (χ4v) is 14.3. The molecule has 2 aliphatic carbocycles. The Balaban J connectivity index is 1.22. The number of aliphatic hydroxyl groups is 1. The Morgan fingerprint density at radius 1 is 0.963 bits per heavy atom. The van der Waals surface area contributed by atoms with Gasteiger partial charge in [0.15, 0.2) is 0 Å². The number of aliphatic hydroxyl groups excluding tert-OH is 1. The van der Waals surface area contributed by atoms with Crippen molar-refractivity contribution in [2.45, 2.75) is 147 Å². The van der Waals surface area contributed by atoms with Crippen LogP contribution in [-0.4, -0.2) is 83.1 Å². The predicted octanol–water partition coefficient (Wildman–Crippen LogP) is 6.01. The van der Waals surface area contributed by atoms with E-state index in [2.05, 4.69) is 57.6 Å². The van der Waals surface area contributed by atoms with Gasteiger partial charge in [-0.3, -0.25) is 29.2 Å². The number of carbonyl (C=O) groups is 4. The highest BCUT2D eigenvalue weighted by atomic mass is 28.4. The molecule has 5 rings (SSSR count). The molecule has 13 heteroatoms. The van der Waals surface area contributed by atoms with Gasteiger partial charge in [-0.1, -0.05) is 71.9 Å². The van der Waals surface area contributed by atoms with Crippen LogP contribution in [-0.2, 0) is 23.6 Å². The zero-order valence-electron chi connectivity index (χ0n) is 33.2. The second kappa shape index (κ2) is 17.0. The molecule has 3 amide bonds. The van der Waals surface area contributed by atoms with Gasteiger partial charge < -0.3 is 25.3 Å². The van der Waals surface area contributed by atoms with Crippen LogP contribution in [0.4, 0.5) is 0 Å². The van der Waals surface area contributed by atoms with Crippen LogP contribution in [0.25, 0.3) is 17.0 Å². The highest BCUT2D eigenvalue weighted by Gasteiger charge is 2.51. The van der Waals surface area contributed by atoms with E-state index in [4.69, 9.17) is 9.41 Å². The van der Waals surface area contributed by atoms with E-state index in [1.165, 1.54) is 5.01 Å². The number of benzene rings is 1. The Bertz CT molecular complexity index is 1710. The molecule has 3 aliphatic rings. The number of hydrogen-bond donors (Lipinski definition) is 5. The molecule has 2 heterocycles. The lowest BCUT2D eigenvalue weighted by molar-refractivity contribution is -0.146. The molecule has 1 aromatic carbocycles. The molecule has 2 unspecified atom stereocenters. The number of aliphatic carboxylic acids is 1. The number of hydrazine groups is 1. The first-order valence-corrected chi connectivity index (χ1v) is 22.0. The van der Waals surface area contributed by atoms with Crippen molar-refractivity contribution < 1.29 is 33.8 Å². The summed E-state index contributed by atoms with van der Waals surface area (Å²) in [4.78, 5) is 56.4. The first kappa shape index (κ1) is 41.5. The summed E-state index contributed by atoms with van der Waals surface area (Å²) in [5, 5.41) is 28.5. The number of pyridine rings is 1. The number of fused-ring (bicyclic) bond motifs is 1. The van der Waals surface area contributed by atoms with Crippen LogP contribution in [0.2, 0.25) is 16.6 Å². The minimum atomic E-state index is -2.15. The van der Waals surface area contributed by atoms with Gasteiger partial charge in [0.2, 0.25) is 20.1 Å². The maximum atomic E-state index is 13.4. The summed E-state index contributed by atoms with van der Waals surface area (Å²) >= 11 is 0. The number of amides is 3. The molecule has 1 aliphatic heterocycles. The minimum absolute atomic E-state index is 0.0415. The largest absolute Gasteiger partial charge is 0.481 e. The third-order valence-corrected chi connectivity index (χ3v) is 18.1. The zero-order chi connectivity index (χ0) is 39.5. The molecule has 12 nitrogen and oxygen atoms in total. The highest BCUT2D eigenvalue weighted by molar-refractivity contribution is 6.77. The van der Waals surface area contributed by atoms with E-state index in [9.17, 15) is 29.4 Å². The van der Waals surface area contributed by atoms with Crippen molar-refractivity contribution in [1.29, 1.82) is 0 Å². The fraction of sp³-hybridized carbons (Fsp3) is 0.634. The van der Waals surface area contributed by atoms with Gasteiger partial charge in [-0.2, -0.15) is 0 Å². The highest BCUT2D eigenvalue weighted by Crippen LogP contribution is 2.48. The van der Waals surface area contributed by atoms with Crippen LogP contribution < -0.4 is 16.1 Å². The molecular weight excluding hydrogens is 703 g/mol. The Morgan fingerprint density at radius 3 is 2.26 bits per heavy atom. The summed E-state index contributed by atoms with van der Waals surface area (Å²) in [6, 6.07) is 7.75. The quantitative estimate of drug-likeness (QED) is 0.136. The smallest absolute Gasteiger partial charge is 0.313 e. The molecule has 296 valence electrons. The summed E-state index contributed by atoms with van der Waals surface area (Å²) in [5.41, 5.74) is 5.52. The molecule has 2 saturated carbocycles. The predicted molar refractivity (Wildman–Crippen MR) is 211 cm³/mol. The number of nitrogens with one attached hydrogen (secondary N) is 3. The second-order valence-electron chi connectivity index (χ2n) is 16.8. The Kier molecular flexibility index (Phi) is 13.1. The van der Waals surface area contributed by atoms with Crippen LogP contribution >= 0.6 is 0 Å². The number of nitrogens with zero attached hydrogens (tertiary/aromatic N) is 2. The normalized spacial score (nSPS) is 24.0. The number of carboxylic acid groups (broad SMARTS) is 1. The minimum Gasteiger partial charge on any atom is -0.481 e. The van der Waals surface area contributed by atoms with Crippen molar-refractivity contribution >= 4 is 49.0 Å². The third-order valence-electron chi connectivity index (χ3n) is 12.0. The van der Waals surface area contributed by atoms with Crippen molar-refractivity contribution in [3.05, 3.63) is 47.7 Å². The summed E-state index contributed by atoms with van der Waals surface area (Å²) < 4.78 is 7.01. The lowest BCUT2D eigenvalue weighted by atomic mass is 9.85.